The Hall–Kier alpha value is -2.14. The summed E-state index contributed by atoms with van der Waals surface area (Å²) in [5, 5.41) is 0.917. The van der Waals surface area contributed by atoms with Crippen LogP contribution in [0.1, 0.15) is 5.56 Å². The summed E-state index contributed by atoms with van der Waals surface area (Å²) >= 11 is 1.66. The zero-order valence-corrected chi connectivity index (χ0v) is 11.9. The molecule has 0 spiro atoms. The van der Waals surface area contributed by atoms with Gasteiger partial charge >= 0.3 is 0 Å². The van der Waals surface area contributed by atoms with E-state index in [9.17, 15) is 0 Å². The number of hydrogen-bond acceptors (Lipinski definition) is 4. The van der Waals surface area contributed by atoms with Crippen LogP contribution in [0.5, 0.6) is 5.75 Å². The number of nitrogen functional groups attached to an aromatic ring is 1. The van der Waals surface area contributed by atoms with E-state index in [2.05, 4.69) is 9.97 Å². The van der Waals surface area contributed by atoms with Crippen molar-refractivity contribution in [3.8, 4) is 5.75 Å². The van der Waals surface area contributed by atoms with Gasteiger partial charge in [-0.2, -0.15) is 0 Å². The van der Waals surface area contributed by atoms with Gasteiger partial charge < -0.3 is 15.5 Å². The number of methoxy groups -OCH3 is 1. The monoisotopic (exact) mass is 285 g/mol. The molecule has 0 radical (unpaired) electrons. The van der Waals surface area contributed by atoms with E-state index >= 15 is 0 Å². The molecule has 0 aliphatic carbocycles. The highest BCUT2D eigenvalue weighted by Gasteiger charge is 2.05. The van der Waals surface area contributed by atoms with E-state index in [-0.39, 0.29) is 0 Å². The number of rotatable bonds is 4. The van der Waals surface area contributed by atoms with Crippen LogP contribution in [-0.4, -0.2) is 17.1 Å². The predicted octanol–water partition coefficient (Wildman–Crippen LogP) is 3.45. The zero-order chi connectivity index (χ0) is 13.9. The van der Waals surface area contributed by atoms with E-state index in [1.165, 1.54) is 0 Å². The van der Waals surface area contributed by atoms with E-state index in [0.717, 1.165) is 27.5 Å². The average molecular weight is 285 g/mol. The van der Waals surface area contributed by atoms with Crippen LogP contribution in [0, 0.1) is 0 Å². The third-order valence-electron chi connectivity index (χ3n) is 3.04. The molecular formula is C15H15N3OS. The summed E-state index contributed by atoms with van der Waals surface area (Å²) < 4.78 is 5.15. The van der Waals surface area contributed by atoms with Crippen LogP contribution in [0.4, 0.5) is 5.69 Å². The number of anilines is 1. The fraction of sp³-hybridized carbons (Fsp3) is 0.133. The molecule has 1 aromatic heterocycles. The van der Waals surface area contributed by atoms with Crippen LogP contribution in [0.25, 0.3) is 11.0 Å². The second-order valence-corrected chi connectivity index (χ2v) is 5.39. The maximum Gasteiger partial charge on any atom is 0.166 e. The minimum Gasteiger partial charge on any atom is -0.495 e. The first-order valence-electron chi connectivity index (χ1n) is 6.26. The Morgan fingerprint density at radius 3 is 2.85 bits per heavy atom. The Morgan fingerprint density at radius 1 is 1.25 bits per heavy atom. The molecule has 102 valence electrons. The molecule has 4 nitrogen and oxygen atoms in total. The van der Waals surface area contributed by atoms with Crippen molar-refractivity contribution in [2.24, 2.45) is 0 Å². The van der Waals surface area contributed by atoms with Gasteiger partial charge in [-0.05, 0) is 29.8 Å². The fourth-order valence-corrected chi connectivity index (χ4v) is 2.85. The molecule has 0 aliphatic heterocycles. The van der Waals surface area contributed by atoms with E-state index in [4.69, 9.17) is 10.5 Å². The minimum absolute atomic E-state index is 0.662. The third-order valence-corrected chi connectivity index (χ3v) is 3.98. The lowest BCUT2D eigenvalue weighted by molar-refractivity contribution is 0.417. The van der Waals surface area contributed by atoms with Crippen molar-refractivity contribution >= 4 is 28.5 Å². The number of thioether (sulfide) groups is 1. The van der Waals surface area contributed by atoms with Crippen LogP contribution in [0.2, 0.25) is 0 Å². The molecule has 0 atom stereocenters. The fourth-order valence-electron chi connectivity index (χ4n) is 2.02. The molecule has 1 heterocycles. The lowest BCUT2D eigenvalue weighted by Crippen LogP contribution is -1.93. The van der Waals surface area contributed by atoms with Crippen molar-refractivity contribution in [1.29, 1.82) is 0 Å². The zero-order valence-electron chi connectivity index (χ0n) is 11.1. The normalized spacial score (nSPS) is 10.8. The number of aromatic amines is 1. The van der Waals surface area contributed by atoms with Crippen molar-refractivity contribution in [1.82, 2.24) is 9.97 Å². The van der Waals surface area contributed by atoms with Crippen LogP contribution in [-0.2, 0) is 5.75 Å². The number of fused-ring (bicyclic) bond motifs is 1. The quantitative estimate of drug-likeness (QED) is 0.569. The van der Waals surface area contributed by atoms with Gasteiger partial charge in [-0.1, -0.05) is 30.0 Å². The summed E-state index contributed by atoms with van der Waals surface area (Å²) in [5.74, 6) is 1.52. The van der Waals surface area contributed by atoms with Gasteiger partial charge in [0, 0.05) is 5.75 Å². The van der Waals surface area contributed by atoms with Gasteiger partial charge in [0.05, 0.1) is 23.8 Å². The number of nitrogens with one attached hydrogen (secondary N) is 1. The highest BCUT2D eigenvalue weighted by atomic mass is 32.2. The van der Waals surface area contributed by atoms with Gasteiger partial charge in [0.15, 0.2) is 5.16 Å². The Kier molecular flexibility index (Phi) is 3.52. The maximum atomic E-state index is 5.90. The molecule has 3 rings (SSSR count). The Bertz CT molecular complexity index is 706. The van der Waals surface area contributed by atoms with Gasteiger partial charge in [-0.25, -0.2) is 4.98 Å². The summed E-state index contributed by atoms with van der Waals surface area (Å²) in [6.45, 7) is 0. The number of benzene rings is 2. The Balaban J connectivity index is 1.74. The third kappa shape index (κ3) is 2.58. The number of ether oxygens (including phenoxy) is 1. The second kappa shape index (κ2) is 5.46. The summed E-state index contributed by atoms with van der Waals surface area (Å²) in [7, 11) is 1.62. The van der Waals surface area contributed by atoms with E-state index in [1.807, 2.05) is 42.5 Å². The number of hydrogen-bond donors (Lipinski definition) is 2. The topological polar surface area (TPSA) is 63.9 Å². The van der Waals surface area contributed by atoms with Gasteiger partial charge in [-0.15, -0.1) is 0 Å². The number of imidazole rings is 1. The van der Waals surface area contributed by atoms with Crippen molar-refractivity contribution in [3.63, 3.8) is 0 Å². The van der Waals surface area contributed by atoms with Crippen molar-refractivity contribution in [2.75, 3.05) is 12.8 Å². The van der Waals surface area contributed by atoms with Crippen molar-refractivity contribution in [3.05, 3.63) is 48.0 Å². The molecule has 0 fully saturated rings. The van der Waals surface area contributed by atoms with Gasteiger partial charge in [0.2, 0.25) is 0 Å². The summed E-state index contributed by atoms with van der Waals surface area (Å²) in [6, 6.07) is 13.9. The Labute approximate surface area is 121 Å². The number of nitrogens with two attached hydrogens (primary N) is 1. The standard InChI is InChI=1S/C15H15N3OS/c1-19-14-7-6-10(8-11(14)16)9-20-15-17-12-4-2-3-5-13(12)18-15/h2-8H,9,16H2,1H3,(H,17,18). The highest BCUT2D eigenvalue weighted by molar-refractivity contribution is 7.98. The largest absolute Gasteiger partial charge is 0.495 e. The van der Waals surface area contributed by atoms with E-state index in [1.54, 1.807) is 18.9 Å². The van der Waals surface area contributed by atoms with Crippen molar-refractivity contribution < 1.29 is 4.74 Å². The molecule has 3 N–H and O–H groups in total. The number of nitrogens with zero attached hydrogens (tertiary/aromatic N) is 1. The molecule has 0 saturated carbocycles. The summed E-state index contributed by atoms with van der Waals surface area (Å²) in [5.41, 5.74) is 9.76. The molecule has 5 heteroatoms. The van der Waals surface area contributed by atoms with Crippen LogP contribution in [0.15, 0.2) is 47.6 Å². The molecular weight excluding hydrogens is 270 g/mol. The van der Waals surface area contributed by atoms with E-state index < -0.39 is 0 Å². The summed E-state index contributed by atoms with van der Waals surface area (Å²) in [4.78, 5) is 7.83. The number of H-pyrrole nitrogens is 1. The molecule has 2 aromatic carbocycles. The predicted molar refractivity (Wildman–Crippen MR) is 83.1 cm³/mol. The van der Waals surface area contributed by atoms with Crippen LogP contribution >= 0.6 is 11.8 Å². The smallest absolute Gasteiger partial charge is 0.166 e. The molecule has 3 aromatic rings. The highest BCUT2D eigenvalue weighted by Crippen LogP contribution is 2.27. The first-order chi connectivity index (χ1) is 9.76. The SMILES string of the molecule is COc1ccc(CSc2nc3ccccc3[nH]2)cc1N. The summed E-state index contributed by atoms with van der Waals surface area (Å²) in [6.07, 6.45) is 0. The second-order valence-electron chi connectivity index (χ2n) is 4.42. The first-order valence-corrected chi connectivity index (χ1v) is 7.25. The minimum atomic E-state index is 0.662. The molecule has 0 saturated heterocycles. The molecule has 0 aliphatic rings. The van der Waals surface area contributed by atoms with Gasteiger partial charge in [0.25, 0.3) is 0 Å². The Morgan fingerprint density at radius 2 is 2.10 bits per heavy atom. The molecule has 0 unspecified atom stereocenters. The number of para-hydroxylation sites is 2. The lowest BCUT2D eigenvalue weighted by Gasteiger charge is -2.06. The van der Waals surface area contributed by atoms with Gasteiger partial charge in [0.1, 0.15) is 5.75 Å². The van der Waals surface area contributed by atoms with E-state index in [0.29, 0.717) is 11.4 Å². The maximum absolute atomic E-state index is 5.90. The molecule has 0 amide bonds. The van der Waals surface area contributed by atoms with Gasteiger partial charge in [-0.3, -0.25) is 0 Å². The molecule has 20 heavy (non-hydrogen) atoms. The lowest BCUT2D eigenvalue weighted by atomic mass is 10.2. The average Bonchev–Trinajstić information content (AvgIpc) is 2.88. The van der Waals surface area contributed by atoms with Crippen LogP contribution in [0.3, 0.4) is 0 Å². The number of aromatic nitrogens is 2. The van der Waals surface area contributed by atoms with Crippen molar-refractivity contribution in [2.45, 2.75) is 10.9 Å². The molecule has 0 bridgehead atoms. The van der Waals surface area contributed by atoms with Crippen LogP contribution < -0.4 is 10.5 Å². The first kappa shape index (κ1) is 12.9.